The van der Waals surface area contributed by atoms with Gasteiger partial charge in [0.15, 0.2) is 0 Å². The number of methoxy groups -OCH3 is 1. The second-order valence-electron chi connectivity index (χ2n) is 5.45. The lowest BCUT2D eigenvalue weighted by Crippen LogP contribution is -2.33. The maximum atomic E-state index is 12.2. The molecule has 0 aromatic heterocycles. The Hall–Kier alpha value is -2.08. The van der Waals surface area contributed by atoms with E-state index in [-0.39, 0.29) is 24.2 Å². The van der Waals surface area contributed by atoms with Crippen molar-refractivity contribution in [2.24, 2.45) is 5.92 Å². The molecule has 1 aromatic rings. The molecule has 1 saturated heterocycles. The van der Waals surface area contributed by atoms with E-state index in [2.05, 4.69) is 5.32 Å². The minimum atomic E-state index is -0.305. The SMILES string of the molecule is CCOCCCNC(=O)[C@@H]1CC(=O)N(c2cccc(OC)c2)C1. The lowest BCUT2D eigenvalue weighted by molar-refractivity contribution is -0.126. The van der Waals surface area contributed by atoms with Crippen molar-refractivity contribution >= 4 is 17.5 Å². The molecule has 1 heterocycles. The predicted molar refractivity (Wildman–Crippen MR) is 87.6 cm³/mol. The molecule has 1 aliphatic heterocycles. The average Bonchev–Trinajstić information content (AvgIpc) is 2.96. The van der Waals surface area contributed by atoms with Crippen LogP contribution in [0.25, 0.3) is 0 Å². The highest BCUT2D eigenvalue weighted by Gasteiger charge is 2.35. The Morgan fingerprint density at radius 2 is 2.26 bits per heavy atom. The van der Waals surface area contributed by atoms with Gasteiger partial charge in [-0.3, -0.25) is 9.59 Å². The third-order valence-electron chi connectivity index (χ3n) is 3.83. The number of hydrogen-bond donors (Lipinski definition) is 1. The smallest absolute Gasteiger partial charge is 0.227 e. The number of nitrogens with zero attached hydrogens (tertiary/aromatic N) is 1. The number of amides is 2. The molecule has 126 valence electrons. The maximum Gasteiger partial charge on any atom is 0.227 e. The second-order valence-corrected chi connectivity index (χ2v) is 5.45. The Labute approximate surface area is 136 Å². The fraction of sp³-hybridized carbons (Fsp3) is 0.529. The Kier molecular flexibility index (Phi) is 6.40. The predicted octanol–water partition coefficient (Wildman–Crippen LogP) is 1.59. The van der Waals surface area contributed by atoms with Crippen LogP contribution >= 0.6 is 0 Å². The lowest BCUT2D eigenvalue weighted by atomic mass is 10.1. The molecule has 2 rings (SSSR count). The molecule has 6 nitrogen and oxygen atoms in total. The van der Waals surface area contributed by atoms with Crippen LogP contribution in [0.5, 0.6) is 5.75 Å². The van der Waals surface area contributed by atoms with Gasteiger partial charge in [0.25, 0.3) is 0 Å². The number of carbonyl (C=O) groups is 2. The number of ether oxygens (including phenoxy) is 2. The quantitative estimate of drug-likeness (QED) is 0.739. The molecule has 0 radical (unpaired) electrons. The third kappa shape index (κ3) is 4.69. The van der Waals surface area contributed by atoms with Gasteiger partial charge in [-0.1, -0.05) is 6.07 Å². The van der Waals surface area contributed by atoms with Gasteiger partial charge in [-0.05, 0) is 25.5 Å². The standard InChI is InChI=1S/C17H24N2O4/c1-3-23-9-5-8-18-17(21)13-10-16(20)19(12-13)14-6-4-7-15(11-14)22-2/h4,6-7,11,13H,3,5,8-10,12H2,1-2H3,(H,18,21)/t13-/m1/s1. The van der Waals surface area contributed by atoms with Gasteiger partial charge >= 0.3 is 0 Å². The first-order chi connectivity index (χ1) is 11.2. The van der Waals surface area contributed by atoms with Gasteiger partial charge in [-0.25, -0.2) is 0 Å². The molecular weight excluding hydrogens is 296 g/mol. The van der Waals surface area contributed by atoms with Gasteiger partial charge < -0.3 is 19.7 Å². The Balaban J connectivity index is 1.87. The molecule has 23 heavy (non-hydrogen) atoms. The number of hydrogen-bond acceptors (Lipinski definition) is 4. The molecular formula is C17H24N2O4. The van der Waals surface area contributed by atoms with Gasteiger partial charge in [0.1, 0.15) is 5.75 Å². The van der Waals surface area contributed by atoms with E-state index in [1.807, 2.05) is 25.1 Å². The van der Waals surface area contributed by atoms with Crippen LogP contribution in [0.4, 0.5) is 5.69 Å². The summed E-state index contributed by atoms with van der Waals surface area (Å²) < 4.78 is 10.4. The summed E-state index contributed by atoms with van der Waals surface area (Å²) in [6, 6.07) is 7.32. The van der Waals surface area contributed by atoms with E-state index >= 15 is 0 Å². The van der Waals surface area contributed by atoms with Crippen LogP contribution < -0.4 is 15.0 Å². The lowest BCUT2D eigenvalue weighted by Gasteiger charge is -2.17. The summed E-state index contributed by atoms with van der Waals surface area (Å²) in [5.74, 6) is 0.285. The van der Waals surface area contributed by atoms with E-state index in [1.54, 1.807) is 18.1 Å². The molecule has 2 amide bonds. The van der Waals surface area contributed by atoms with E-state index in [4.69, 9.17) is 9.47 Å². The van der Waals surface area contributed by atoms with Gasteiger partial charge in [0.05, 0.1) is 13.0 Å². The van der Waals surface area contributed by atoms with Crippen LogP contribution in [-0.4, -0.2) is 45.2 Å². The summed E-state index contributed by atoms with van der Waals surface area (Å²) in [5.41, 5.74) is 0.765. The molecule has 1 aromatic carbocycles. The molecule has 0 saturated carbocycles. The fourth-order valence-corrected chi connectivity index (χ4v) is 2.59. The van der Waals surface area contributed by atoms with Crippen molar-refractivity contribution in [3.8, 4) is 5.75 Å². The van der Waals surface area contributed by atoms with Gasteiger partial charge in [0.2, 0.25) is 11.8 Å². The Bertz CT molecular complexity index is 547. The molecule has 0 aliphatic carbocycles. The van der Waals surface area contributed by atoms with Crippen molar-refractivity contribution < 1.29 is 19.1 Å². The first-order valence-corrected chi connectivity index (χ1v) is 7.95. The van der Waals surface area contributed by atoms with Gasteiger partial charge in [-0.2, -0.15) is 0 Å². The molecule has 1 N–H and O–H groups in total. The maximum absolute atomic E-state index is 12.2. The Morgan fingerprint density at radius 1 is 1.43 bits per heavy atom. The highest BCUT2D eigenvalue weighted by atomic mass is 16.5. The normalized spacial score (nSPS) is 17.4. The second kappa shape index (κ2) is 8.53. The molecule has 1 atom stereocenters. The number of benzene rings is 1. The van der Waals surface area contributed by atoms with Crippen molar-refractivity contribution in [1.29, 1.82) is 0 Å². The van der Waals surface area contributed by atoms with Gasteiger partial charge in [0, 0.05) is 44.5 Å². The van der Waals surface area contributed by atoms with Crippen LogP contribution in [0.3, 0.4) is 0 Å². The largest absolute Gasteiger partial charge is 0.497 e. The zero-order valence-corrected chi connectivity index (χ0v) is 13.7. The minimum absolute atomic E-state index is 0.0345. The number of rotatable bonds is 8. The highest BCUT2D eigenvalue weighted by Crippen LogP contribution is 2.27. The van der Waals surface area contributed by atoms with E-state index in [9.17, 15) is 9.59 Å². The van der Waals surface area contributed by atoms with Crippen LogP contribution in [0, 0.1) is 5.92 Å². The third-order valence-corrected chi connectivity index (χ3v) is 3.83. The molecule has 0 spiro atoms. The topological polar surface area (TPSA) is 67.9 Å². The van der Waals surface area contributed by atoms with Crippen molar-refractivity contribution in [3.05, 3.63) is 24.3 Å². The molecule has 0 unspecified atom stereocenters. The summed E-state index contributed by atoms with van der Waals surface area (Å²) in [6.07, 6.45) is 1.02. The minimum Gasteiger partial charge on any atom is -0.497 e. The molecule has 0 bridgehead atoms. The van der Waals surface area contributed by atoms with Crippen LogP contribution in [0.15, 0.2) is 24.3 Å². The van der Waals surface area contributed by atoms with Crippen molar-refractivity contribution in [2.45, 2.75) is 19.8 Å². The van der Waals surface area contributed by atoms with Crippen molar-refractivity contribution in [2.75, 3.05) is 38.3 Å². The molecule has 1 aliphatic rings. The highest BCUT2D eigenvalue weighted by molar-refractivity contribution is 6.00. The first kappa shape index (κ1) is 17.3. The molecule has 1 fully saturated rings. The van der Waals surface area contributed by atoms with Crippen LogP contribution in [0.1, 0.15) is 19.8 Å². The molecule has 6 heteroatoms. The zero-order chi connectivity index (χ0) is 16.7. The van der Waals surface area contributed by atoms with Crippen LogP contribution in [-0.2, 0) is 14.3 Å². The summed E-state index contributed by atoms with van der Waals surface area (Å²) in [6.45, 7) is 4.23. The van der Waals surface area contributed by atoms with E-state index in [0.29, 0.717) is 32.1 Å². The summed E-state index contributed by atoms with van der Waals surface area (Å²) in [7, 11) is 1.59. The average molecular weight is 320 g/mol. The van der Waals surface area contributed by atoms with E-state index in [0.717, 1.165) is 12.1 Å². The van der Waals surface area contributed by atoms with E-state index in [1.165, 1.54) is 0 Å². The first-order valence-electron chi connectivity index (χ1n) is 7.95. The van der Waals surface area contributed by atoms with Crippen molar-refractivity contribution in [3.63, 3.8) is 0 Å². The summed E-state index contributed by atoms with van der Waals surface area (Å²) in [5, 5.41) is 2.88. The number of anilines is 1. The number of carbonyl (C=O) groups excluding carboxylic acids is 2. The van der Waals surface area contributed by atoms with E-state index < -0.39 is 0 Å². The number of nitrogens with one attached hydrogen (secondary N) is 1. The van der Waals surface area contributed by atoms with Crippen molar-refractivity contribution in [1.82, 2.24) is 5.32 Å². The summed E-state index contributed by atoms with van der Waals surface area (Å²) >= 11 is 0. The van der Waals surface area contributed by atoms with Gasteiger partial charge in [-0.15, -0.1) is 0 Å². The zero-order valence-electron chi connectivity index (χ0n) is 13.7. The van der Waals surface area contributed by atoms with Crippen LogP contribution in [0.2, 0.25) is 0 Å². The fourth-order valence-electron chi connectivity index (χ4n) is 2.59. The Morgan fingerprint density at radius 3 is 3.00 bits per heavy atom. The summed E-state index contributed by atoms with van der Waals surface area (Å²) in [4.78, 5) is 26.0. The monoisotopic (exact) mass is 320 g/mol.